The van der Waals surface area contributed by atoms with Gasteiger partial charge in [-0.05, 0) is 19.8 Å². The van der Waals surface area contributed by atoms with Crippen LogP contribution in [-0.2, 0) is 13.0 Å². The minimum Gasteiger partial charge on any atom is -0.310 e. The van der Waals surface area contributed by atoms with Crippen molar-refractivity contribution in [1.29, 1.82) is 0 Å². The van der Waals surface area contributed by atoms with Gasteiger partial charge in [0, 0.05) is 30.3 Å². The van der Waals surface area contributed by atoms with Crippen LogP contribution in [0.25, 0.3) is 11.3 Å². The quantitative estimate of drug-likeness (QED) is 0.897. The molecule has 0 amide bonds. The van der Waals surface area contributed by atoms with Crippen LogP contribution in [0.15, 0.2) is 17.2 Å². The number of rotatable bonds is 5. The normalized spacial score (nSPS) is 10.9. The van der Waals surface area contributed by atoms with E-state index >= 15 is 0 Å². The van der Waals surface area contributed by atoms with E-state index in [9.17, 15) is 4.79 Å². The number of hydrogen-bond acceptors (Lipinski definition) is 3. The molecule has 102 valence electrons. The van der Waals surface area contributed by atoms with Gasteiger partial charge in [0.2, 0.25) is 0 Å². The summed E-state index contributed by atoms with van der Waals surface area (Å²) in [5.74, 6) is 0.747. The molecule has 5 heteroatoms. The molecule has 19 heavy (non-hydrogen) atoms. The first-order chi connectivity index (χ1) is 9.15. The molecule has 2 rings (SSSR count). The highest BCUT2D eigenvalue weighted by Gasteiger charge is 2.11. The highest BCUT2D eigenvalue weighted by Crippen LogP contribution is 2.18. The fraction of sp³-hybridized carbons (Fsp3) is 0.500. The van der Waals surface area contributed by atoms with Gasteiger partial charge in [0.15, 0.2) is 0 Å². The van der Waals surface area contributed by atoms with E-state index in [-0.39, 0.29) is 5.56 Å². The molecule has 2 aromatic rings. The van der Waals surface area contributed by atoms with E-state index in [2.05, 4.69) is 28.9 Å². The van der Waals surface area contributed by atoms with Gasteiger partial charge in [0.25, 0.3) is 5.56 Å². The minimum atomic E-state index is -0.0586. The van der Waals surface area contributed by atoms with Gasteiger partial charge in [-0.1, -0.05) is 13.8 Å². The highest BCUT2D eigenvalue weighted by molar-refractivity contribution is 5.60. The Kier molecular flexibility index (Phi) is 4.14. The maximum Gasteiger partial charge on any atom is 0.254 e. The van der Waals surface area contributed by atoms with Crippen LogP contribution in [0.5, 0.6) is 0 Å². The van der Waals surface area contributed by atoms with Crippen molar-refractivity contribution in [2.24, 2.45) is 0 Å². The molecule has 2 heterocycles. The van der Waals surface area contributed by atoms with Gasteiger partial charge in [0.1, 0.15) is 5.82 Å². The summed E-state index contributed by atoms with van der Waals surface area (Å²) in [5, 5.41) is 4.29. The Balaban J connectivity index is 2.44. The average Bonchev–Trinajstić information content (AvgIpc) is 2.83. The number of nitrogens with one attached hydrogen (secondary N) is 1. The lowest BCUT2D eigenvalue weighted by molar-refractivity contribution is 0.603. The van der Waals surface area contributed by atoms with Gasteiger partial charge < -0.3 is 4.98 Å². The molecule has 0 atom stereocenters. The number of H-pyrrole nitrogens is 1. The van der Waals surface area contributed by atoms with Crippen LogP contribution in [0.2, 0.25) is 0 Å². The van der Waals surface area contributed by atoms with Crippen molar-refractivity contribution in [3.05, 3.63) is 34.1 Å². The zero-order valence-corrected chi connectivity index (χ0v) is 11.7. The van der Waals surface area contributed by atoms with E-state index in [0.717, 1.165) is 42.9 Å². The first-order valence-electron chi connectivity index (χ1n) is 6.78. The van der Waals surface area contributed by atoms with Gasteiger partial charge in [-0.3, -0.25) is 9.48 Å². The predicted octanol–water partition coefficient (Wildman–Crippen LogP) is 2.30. The Labute approximate surface area is 112 Å². The summed E-state index contributed by atoms with van der Waals surface area (Å²) in [5.41, 5.74) is 2.25. The predicted molar refractivity (Wildman–Crippen MR) is 75.1 cm³/mol. The lowest BCUT2D eigenvalue weighted by atomic mass is 10.1. The van der Waals surface area contributed by atoms with E-state index in [1.807, 2.05) is 10.9 Å². The van der Waals surface area contributed by atoms with Crippen molar-refractivity contribution in [2.45, 2.75) is 46.6 Å². The van der Waals surface area contributed by atoms with Gasteiger partial charge in [-0.15, -0.1) is 0 Å². The molecule has 0 saturated carbocycles. The van der Waals surface area contributed by atoms with E-state index in [4.69, 9.17) is 0 Å². The van der Waals surface area contributed by atoms with Crippen LogP contribution in [0.1, 0.15) is 38.1 Å². The van der Waals surface area contributed by atoms with Crippen molar-refractivity contribution >= 4 is 0 Å². The second kappa shape index (κ2) is 5.82. The minimum absolute atomic E-state index is 0.0586. The molecule has 0 fully saturated rings. The maximum absolute atomic E-state index is 11.9. The van der Waals surface area contributed by atoms with E-state index in [0.29, 0.717) is 5.56 Å². The fourth-order valence-corrected chi connectivity index (χ4v) is 2.05. The first-order valence-corrected chi connectivity index (χ1v) is 6.78. The average molecular weight is 260 g/mol. The third-order valence-electron chi connectivity index (χ3n) is 3.05. The Hall–Kier alpha value is -1.91. The largest absolute Gasteiger partial charge is 0.310 e. The number of aryl methyl sites for hydroxylation is 2. The molecule has 1 N–H and O–H groups in total. The van der Waals surface area contributed by atoms with Crippen molar-refractivity contribution in [3.8, 4) is 11.3 Å². The maximum atomic E-state index is 11.9. The van der Waals surface area contributed by atoms with Crippen LogP contribution in [-0.4, -0.2) is 19.7 Å². The van der Waals surface area contributed by atoms with Gasteiger partial charge >= 0.3 is 0 Å². The smallest absolute Gasteiger partial charge is 0.254 e. The summed E-state index contributed by atoms with van der Waals surface area (Å²) in [4.78, 5) is 19.3. The van der Waals surface area contributed by atoms with Crippen molar-refractivity contribution < 1.29 is 0 Å². The molecule has 5 nitrogen and oxygen atoms in total. The molecule has 2 aromatic heterocycles. The lowest BCUT2D eigenvalue weighted by Crippen LogP contribution is -2.16. The number of hydrogen-bond donors (Lipinski definition) is 1. The van der Waals surface area contributed by atoms with E-state index in [1.54, 1.807) is 13.1 Å². The summed E-state index contributed by atoms with van der Waals surface area (Å²) < 4.78 is 1.89. The summed E-state index contributed by atoms with van der Waals surface area (Å²) in [7, 11) is 0. The molecule has 0 spiro atoms. The molecular formula is C14H20N4O. The topological polar surface area (TPSA) is 63.6 Å². The summed E-state index contributed by atoms with van der Waals surface area (Å²) in [6.45, 7) is 6.86. The Morgan fingerprint density at radius 2 is 2.11 bits per heavy atom. The summed E-state index contributed by atoms with van der Waals surface area (Å²) in [6.07, 6.45) is 6.50. The Morgan fingerprint density at radius 1 is 1.32 bits per heavy atom. The number of nitrogens with zero attached hydrogens (tertiary/aromatic N) is 3. The highest BCUT2D eigenvalue weighted by atomic mass is 16.1. The van der Waals surface area contributed by atoms with Gasteiger partial charge in [0.05, 0.1) is 11.9 Å². The second-order valence-electron chi connectivity index (χ2n) is 4.73. The van der Waals surface area contributed by atoms with Crippen molar-refractivity contribution in [2.75, 3.05) is 0 Å². The zero-order chi connectivity index (χ0) is 13.8. The third kappa shape index (κ3) is 2.92. The van der Waals surface area contributed by atoms with Crippen LogP contribution < -0.4 is 5.56 Å². The molecule has 0 aromatic carbocycles. The Morgan fingerprint density at radius 3 is 2.79 bits per heavy atom. The molecule has 0 radical (unpaired) electrons. The van der Waals surface area contributed by atoms with E-state index in [1.165, 1.54) is 0 Å². The van der Waals surface area contributed by atoms with E-state index < -0.39 is 0 Å². The second-order valence-corrected chi connectivity index (χ2v) is 4.73. The lowest BCUT2D eigenvalue weighted by Gasteiger charge is -2.05. The molecular weight excluding hydrogens is 240 g/mol. The molecule has 0 saturated heterocycles. The standard InChI is InChI=1S/C14H20N4O/c1-4-6-12-16-13(10(3)14(19)17-12)11-8-15-18(9-11)7-5-2/h8-9H,4-7H2,1-3H3,(H,16,17,19). The van der Waals surface area contributed by atoms with Crippen LogP contribution >= 0.6 is 0 Å². The molecule has 0 aliphatic rings. The fourth-order valence-electron chi connectivity index (χ4n) is 2.05. The summed E-state index contributed by atoms with van der Waals surface area (Å²) in [6, 6.07) is 0. The van der Waals surface area contributed by atoms with Crippen LogP contribution in [0.3, 0.4) is 0 Å². The van der Waals surface area contributed by atoms with Gasteiger partial charge in [-0.25, -0.2) is 4.98 Å². The SMILES string of the molecule is CCCc1nc(-c2cnn(CCC)c2)c(C)c(=O)[nH]1. The van der Waals surface area contributed by atoms with Gasteiger partial charge in [-0.2, -0.15) is 5.10 Å². The van der Waals surface area contributed by atoms with Crippen LogP contribution in [0.4, 0.5) is 0 Å². The first kappa shape index (κ1) is 13.5. The molecule has 0 aliphatic heterocycles. The monoisotopic (exact) mass is 260 g/mol. The number of aromatic amines is 1. The molecule has 0 bridgehead atoms. The number of aromatic nitrogens is 4. The van der Waals surface area contributed by atoms with Crippen LogP contribution in [0, 0.1) is 6.92 Å². The molecule has 0 aliphatic carbocycles. The molecule has 0 unspecified atom stereocenters. The third-order valence-corrected chi connectivity index (χ3v) is 3.05. The van der Waals surface area contributed by atoms with Crippen molar-refractivity contribution in [3.63, 3.8) is 0 Å². The Bertz CT molecular complexity index is 612. The summed E-state index contributed by atoms with van der Waals surface area (Å²) >= 11 is 0. The van der Waals surface area contributed by atoms with Crippen molar-refractivity contribution in [1.82, 2.24) is 19.7 Å². The zero-order valence-electron chi connectivity index (χ0n) is 11.7.